The average molecular weight is 105 g/mol. The number of nitrogens with one attached hydrogen (secondary N) is 1. The Balaban J connectivity index is 2.69. The van der Waals surface area contributed by atoms with Gasteiger partial charge >= 0.3 is 0 Å². The topological polar surface area (TPSA) is 12.0 Å². The third-order valence-electron chi connectivity index (χ3n) is 0.976. The molecule has 1 aliphatic rings. The molecule has 0 radical (unpaired) electrons. The second-order valence-electron chi connectivity index (χ2n) is 1.74. The molecular weight excluding hydrogens is 96.9 g/mol. The largest absolute Gasteiger partial charge is 0.374 e. The van der Waals surface area contributed by atoms with Crippen molar-refractivity contribution in [3.05, 3.63) is 36.1 Å². The first kappa shape index (κ1) is 5.23. The van der Waals surface area contributed by atoms with Crippen molar-refractivity contribution in [2.45, 2.75) is 0 Å². The molecule has 0 amide bonds. The van der Waals surface area contributed by atoms with E-state index in [0.29, 0.717) is 0 Å². The standard InChI is InChI=1S/C6H8BN/c7-6-4-2-1-3-5-8-6/h1-5,8H,7H2. The van der Waals surface area contributed by atoms with Gasteiger partial charge in [0.25, 0.3) is 0 Å². The average Bonchev–Trinajstić information content (AvgIpc) is 1.94. The van der Waals surface area contributed by atoms with Crippen LogP contribution in [-0.2, 0) is 0 Å². The van der Waals surface area contributed by atoms with Crippen molar-refractivity contribution in [2.24, 2.45) is 0 Å². The summed E-state index contributed by atoms with van der Waals surface area (Å²) in [6.45, 7) is 0. The molecule has 0 aromatic heterocycles. The van der Waals surface area contributed by atoms with Crippen LogP contribution in [0.4, 0.5) is 0 Å². The fraction of sp³-hybridized carbons (Fsp3) is 0. The van der Waals surface area contributed by atoms with Crippen molar-refractivity contribution in [3.8, 4) is 0 Å². The highest BCUT2D eigenvalue weighted by Crippen LogP contribution is 1.88. The van der Waals surface area contributed by atoms with E-state index in [-0.39, 0.29) is 0 Å². The van der Waals surface area contributed by atoms with Gasteiger partial charge in [0.05, 0.1) is 0 Å². The zero-order valence-corrected chi connectivity index (χ0v) is 4.89. The van der Waals surface area contributed by atoms with Gasteiger partial charge in [0.1, 0.15) is 0 Å². The molecule has 40 valence electrons. The van der Waals surface area contributed by atoms with Crippen LogP contribution in [0, 0.1) is 0 Å². The molecule has 1 rings (SSSR count). The second-order valence-corrected chi connectivity index (χ2v) is 1.74. The highest BCUT2D eigenvalue weighted by Gasteiger charge is 1.80. The zero-order valence-electron chi connectivity index (χ0n) is 4.89. The summed E-state index contributed by atoms with van der Waals surface area (Å²) in [4.78, 5) is 0. The van der Waals surface area contributed by atoms with Gasteiger partial charge in [-0.25, -0.2) is 0 Å². The first-order valence-corrected chi connectivity index (χ1v) is 2.66. The van der Waals surface area contributed by atoms with E-state index in [2.05, 4.69) is 5.32 Å². The van der Waals surface area contributed by atoms with Gasteiger partial charge in [-0.15, -0.1) is 0 Å². The highest BCUT2D eigenvalue weighted by atomic mass is 14.8. The van der Waals surface area contributed by atoms with Crippen LogP contribution in [0.3, 0.4) is 0 Å². The minimum Gasteiger partial charge on any atom is -0.374 e. The second kappa shape index (κ2) is 2.41. The molecule has 1 aliphatic heterocycles. The maximum atomic E-state index is 3.06. The fourth-order valence-corrected chi connectivity index (χ4v) is 0.547. The minimum absolute atomic E-state index is 1.18. The minimum atomic E-state index is 1.18. The Kier molecular flexibility index (Phi) is 1.57. The van der Waals surface area contributed by atoms with Crippen molar-refractivity contribution in [1.29, 1.82) is 0 Å². The molecule has 0 bridgehead atoms. The Bertz CT molecular complexity index is 156. The molecule has 2 heteroatoms. The van der Waals surface area contributed by atoms with E-state index in [9.17, 15) is 0 Å². The lowest BCUT2D eigenvalue weighted by Crippen LogP contribution is -2.02. The Labute approximate surface area is 50.2 Å². The number of rotatable bonds is 0. The van der Waals surface area contributed by atoms with Gasteiger partial charge in [0.2, 0.25) is 0 Å². The lowest BCUT2D eigenvalue weighted by molar-refractivity contribution is 1.17. The predicted octanol–water partition coefficient (Wildman–Crippen LogP) is 0.134. The lowest BCUT2D eigenvalue weighted by atomic mass is 10.0. The summed E-state index contributed by atoms with van der Waals surface area (Å²) in [7, 11) is 2.03. The van der Waals surface area contributed by atoms with Gasteiger partial charge in [-0.05, 0) is 17.9 Å². The van der Waals surface area contributed by atoms with Crippen molar-refractivity contribution in [1.82, 2.24) is 5.32 Å². The molecule has 0 fully saturated rings. The van der Waals surface area contributed by atoms with Gasteiger partial charge in [0.15, 0.2) is 7.85 Å². The Hall–Kier alpha value is -0.915. The first-order valence-electron chi connectivity index (χ1n) is 2.66. The summed E-state index contributed by atoms with van der Waals surface area (Å²) < 4.78 is 0. The maximum Gasteiger partial charge on any atom is 0.160 e. The van der Waals surface area contributed by atoms with E-state index >= 15 is 0 Å². The summed E-state index contributed by atoms with van der Waals surface area (Å²) >= 11 is 0. The van der Waals surface area contributed by atoms with E-state index in [1.54, 1.807) is 0 Å². The third-order valence-corrected chi connectivity index (χ3v) is 0.976. The maximum absolute atomic E-state index is 3.06. The van der Waals surface area contributed by atoms with Gasteiger partial charge < -0.3 is 5.32 Å². The Morgan fingerprint density at radius 3 is 3.00 bits per heavy atom. The molecule has 0 spiro atoms. The molecule has 1 nitrogen and oxygen atoms in total. The summed E-state index contributed by atoms with van der Waals surface area (Å²) in [6, 6.07) is 0. The number of allylic oxidation sites excluding steroid dienone is 4. The van der Waals surface area contributed by atoms with Gasteiger partial charge in [-0.1, -0.05) is 18.2 Å². The normalized spacial score (nSPS) is 16.8. The van der Waals surface area contributed by atoms with Crippen LogP contribution >= 0.6 is 0 Å². The molecule has 0 atom stereocenters. The quantitative estimate of drug-likeness (QED) is 0.432. The van der Waals surface area contributed by atoms with Gasteiger partial charge in [-0.2, -0.15) is 0 Å². The van der Waals surface area contributed by atoms with Crippen LogP contribution in [0.25, 0.3) is 0 Å². The van der Waals surface area contributed by atoms with Crippen molar-refractivity contribution >= 4 is 7.85 Å². The van der Waals surface area contributed by atoms with Gasteiger partial charge in [0, 0.05) is 0 Å². The smallest absolute Gasteiger partial charge is 0.160 e. The van der Waals surface area contributed by atoms with Crippen LogP contribution in [0.5, 0.6) is 0 Å². The molecule has 1 heterocycles. The van der Waals surface area contributed by atoms with Crippen LogP contribution in [0.2, 0.25) is 0 Å². The van der Waals surface area contributed by atoms with Crippen molar-refractivity contribution < 1.29 is 0 Å². The molecule has 8 heavy (non-hydrogen) atoms. The Morgan fingerprint density at radius 2 is 2.12 bits per heavy atom. The van der Waals surface area contributed by atoms with Crippen molar-refractivity contribution in [3.63, 3.8) is 0 Å². The highest BCUT2D eigenvalue weighted by molar-refractivity contribution is 6.21. The van der Waals surface area contributed by atoms with Gasteiger partial charge in [-0.3, -0.25) is 0 Å². The molecule has 1 N–H and O–H groups in total. The third kappa shape index (κ3) is 1.30. The van der Waals surface area contributed by atoms with E-state index < -0.39 is 0 Å². The predicted molar refractivity (Wildman–Crippen MR) is 38.0 cm³/mol. The Morgan fingerprint density at radius 1 is 1.25 bits per heavy atom. The van der Waals surface area contributed by atoms with Crippen LogP contribution in [0.15, 0.2) is 36.1 Å². The van der Waals surface area contributed by atoms with E-state index in [0.717, 1.165) is 0 Å². The molecule has 0 unspecified atom stereocenters. The van der Waals surface area contributed by atoms with Crippen LogP contribution < -0.4 is 5.32 Å². The van der Waals surface area contributed by atoms with E-state index in [4.69, 9.17) is 0 Å². The fourth-order valence-electron chi connectivity index (χ4n) is 0.547. The monoisotopic (exact) mass is 105 g/mol. The van der Waals surface area contributed by atoms with Crippen LogP contribution in [0.1, 0.15) is 0 Å². The summed E-state index contributed by atoms with van der Waals surface area (Å²) in [6.07, 6.45) is 9.90. The number of hydrogen-bond acceptors (Lipinski definition) is 1. The first-order chi connectivity index (χ1) is 3.89. The number of hydrogen-bond donors (Lipinski definition) is 1. The summed E-state index contributed by atoms with van der Waals surface area (Å²) in [5.41, 5.74) is 1.18. The van der Waals surface area contributed by atoms with Crippen LogP contribution in [-0.4, -0.2) is 7.85 Å². The summed E-state index contributed by atoms with van der Waals surface area (Å²) in [5, 5.41) is 3.06. The molecule has 0 saturated carbocycles. The van der Waals surface area contributed by atoms with E-state index in [1.807, 2.05) is 38.4 Å². The van der Waals surface area contributed by atoms with Crippen molar-refractivity contribution in [2.75, 3.05) is 0 Å². The zero-order chi connectivity index (χ0) is 5.82. The lowest BCUT2D eigenvalue weighted by Gasteiger charge is -1.93. The molecular formula is C6H8BN. The van der Waals surface area contributed by atoms with E-state index in [1.165, 1.54) is 5.60 Å². The molecule has 0 aliphatic carbocycles. The molecule has 0 saturated heterocycles. The molecule has 0 aromatic rings. The summed E-state index contributed by atoms with van der Waals surface area (Å²) in [5.74, 6) is 0. The molecule has 0 aromatic carbocycles. The SMILES string of the molecule is BC1=CC=CC=CN1.